The molecule has 0 aliphatic carbocycles. The molecule has 0 aliphatic rings. The van der Waals surface area contributed by atoms with Gasteiger partial charge in [0, 0.05) is 6.07 Å². The van der Waals surface area contributed by atoms with Crippen molar-refractivity contribution in [2.45, 2.75) is 0 Å². The van der Waals surface area contributed by atoms with Crippen molar-refractivity contribution in [3.63, 3.8) is 0 Å². The molecule has 0 radical (unpaired) electrons. The Labute approximate surface area is 162 Å². The Bertz CT molecular complexity index is 958. The number of amides is 1. The zero-order valence-electron chi connectivity index (χ0n) is 14.9. The van der Waals surface area contributed by atoms with E-state index in [1.807, 2.05) is 18.2 Å². The Morgan fingerprint density at radius 3 is 2.26 bits per heavy atom. The van der Waals surface area contributed by atoms with Crippen LogP contribution in [0.2, 0.25) is 5.02 Å². The summed E-state index contributed by atoms with van der Waals surface area (Å²) in [6.45, 7) is 0. The number of hydrogen-bond donors (Lipinski definition) is 1. The molecule has 3 rings (SSSR count). The first kappa shape index (κ1) is 18.6. The predicted octanol–water partition coefficient (Wildman–Crippen LogP) is 5.40. The van der Waals surface area contributed by atoms with Crippen LogP contribution in [-0.2, 0) is 0 Å². The van der Waals surface area contributed by atoms with Crippen LogP contribution in [0.4, 0.5) is 5.69 Å². The molecule has 0 atom stereocenters. The molecule has 0 aliphatic heterocycles. The number of para-hydroxylation sites is 3. The number of ether oxygens (including phenoxy) is 3. The zero-order valence-corrected chi connectivity index (χ0v) is 15.6. The van der Waals surface area contributed by atoms with Gasteiger partial charge in [-0.3, -0.25) is 4.79 Å². The van der Waals surface area contributed by atoms with Crippen molar-refractivity contribution in [2.75, 3.05) is 19.5 Å². The van der Waals surface area contributed by atoms with Gasteiger partial charge in [-0.15, -0.1) is 0 Å². The van der Waals surface area contributed by atoms with Crippen LogP contribution in [0.3, 0.4) is 0 Å². The molecule has 138 valence electrons. The zero-order chi connectivity index (χ0) is 19.2. The fourth-order valence-corrected chi connectivity index (χ4v) is 2.65. The Kier molecular flexibility index (Phi) is 5.84. The normalized spacial score (nSPS) is 10.2. The average molecular weight is 384 g/mol. The summed E-state index contributed by atoms with van der Waals surface area (Å²) in [5.74, 6) is 1.67. The van der Waals surface area contributed by atoms with E-state index in [2.05, 4.69) is 5.32 Å². The summed E-state index contributed by atoms with van der Waals surface area (Å²) in [4.78, 5) is 12.8. The Morgan fingerprint density at radius 2 is 1.56 bits per heavy atom. The van der Waals surface area contributed by atoms with Gasteiger partial charge in [-0.2, -0.15) is 0 Å². The largest absolute Gasteiger partial charge is 0.497 e. The maximum atomic E-state index is 12.8. The maximum Gasteiger partial charge on any atom is 0.259 e. The summed E-state index contributed by atoms with van der Waals surface area (Å²) in [5, 5.41) is 3.33. The van der Waals surface area contributed by atoms with E-state index in [1.165, 1.54) is 7.11 Å². The molecule has 3 aromatic carbocycles. The number of carbonyl (C=O) groups excluding carboxylic acids is 1. The van der Waals surface area contributed by atoms with Crippen molar-refractivity contribution in [3.8, 4) is 23.0 Å². The lowest BCUT2D eigenvalue weighted by molar-refractivity contribution is 0.102. The monoisotopic (exact) mass is 383 g/mol. The number of methoxy groups -OCH3 is 2. The molecular formula is C21H18ClNO4. The summed E-state index contributed by atoms with van der Waals surface area (Å²) >= 11 is 6.16. The van der Waals surface area contributed by atoms with Crippen LogP contribution >= 0.6 is 11.6 Å². The van der Waals surface area contributed by atoms with Crippen molar-refractivity contribution in [3.05, 3.63) is 77.3 Å². The molecule has 0 heterocycles. The molecule has 3 aromatic rings. The fraction of sp³-hybridized carbons (Fsp3) is 0.0952. The summed E-state index contributed by atoms with van der Waals surface area (Å²) in [7, 11) is 3.05. The Balaban J connectivity index is 1.86. The molecule has 5 nitrogen and oxygen atoms in total. The highest BCUT2D eigenvalue weighted by Gasteiger charge is 2.16. The first-order valence-corrected chi connectivity index (χ1v) is 8.55. The number of rotatable bonds is 6. The molecule has 0 spiro atoms. The van der Waals surface area contributed by atoms with Crippen LogP contribution in [0, 0.1) is 0 Å². The lowest BCUT2D eigenvalue weighted by Crippen LogP contribution is -2.13. The van der Waals surface area contributed by atoms with Gasteiger partial charge in [0.1, 0.15) is 17.2 Å². The third-order valence-corrected chi connectivity index (χ3v) is 4.16. The van der Waals surface area contributed by atoms with Gasteiger partial charge in [0.25, 0.3) is 5.91 Å². The molecule has 6 heteroatoms. The lowest BCUT2D eigenvalue weighted by atomic mass is 10.1. The van der Waals surface area contributed by atoms with Gasteiger partial charge in [-0.1, -0.05) is 35.9 Å². The third kappa shape index (κ3) is 4.33. The molecule has 1 N–H and O–H groups in total. The van der Waals surface area contributed by atoms with E-state index in [1.54, 1.807) is 55.6 Å². The molecule has 0 saturated carbocycles. The van der Waals surface area contributed by atoms with E-state index in [0.29, 0.717) is 39.3 Å². The summed E-state index contributed by atoms with van der Waals surface area (Å²) in [5.41, 5.74) is 0.895. The molecule has 0 saturated heterocycles. The summed E-state index contributed by atoms with van der Waals surface area (Å²) in [6.07, 6.45) is 0. The molecule has 0 bridgehead atoms. The second kappa shape index (κ2) is 8.47. The van der Waals surface area contributed by atoms with Crippen molar-refractivity contribution in [1.29, 1.82) is 0 Å². The molecule has 0 aromatic heterocycles. The van der Waals surface area contributed by atoms with Gasteiger partial charge >= 0.3 is 0 Å². The number of anilines is 1. The number of nitrogens with one attached hydrogen (secondary N) is 1. The van der Waals surface area contributed by atoms with Crippen molar-refractivity contribution >= 4 is 23.2 Å². The smallest absolute Gasteiger partial charge is 0.259 e. The van der Waals surface area contributed by atoms with Gasteiger partial charge in [-0.25, -0.2) is 0 Å². The summed E-state index contributed by atoms with van der Waals surface area (Å²) in [6, 6.07) is 19.3. The van der Waals surface area contributed by atoms with E-state index in [-0.39, 0.29) is 5.91 Å². The van der Waals surface area contributed by atoms with Crippen molar-refractivity contribution in [2.24, 2.45) is 0 Å². The number of hydrogen-bond acceptors (Lipinski definition) is 4. The van der Waals surface area contributed by atoms with Crippen molar-refractivity contribution in [1.82, 2.24) is 0 Å². The molecule has 27 heavy (non-hydrogen) atoms. The van der Waals surface area contributed by atoms with Crippen molar-refractivity contribution < 1.29 is 19.0 Å². The quantitative estimate of drug-likeness (QED) is 0.619. The van der Waals surface area contributed by atoms with Crippen LogP contribution < -0.4 is 19.5 Å². The minimum atomic E-state index is -0.329. The van der Waals surface area contributed by atoms with Gasteiger partial charge in [-0.05, 0) is 36.4 Å². The van der Waals surface area contributed by atoms with E-state index in [9.17, 15) is 4.79 Å². The average Bonchev–Trinajstić information content (AvgIpc) is 2.70. The first-order chi connectivity index (χ1) is 13.1. The number of halogens is 1. The highest BCUT2D eigenvalue weighted by Crippen LogP contribution is 2.34. The van der Waals surface area contributed by atoms with Crippen LogP contribution in [0.15, 0.2) is 66.7 Å². The van der Waals surface area contributed by atoms with Crippen LogP contribution in [0.25, 0.3) is 0 Å². The summed E-state index contributed by atoms with van der Waals surface area (Å²) < 4.78 is 16.3. The van der Waals surface area contributed by atoms with E-state index in [4.69, 9.17) is 25.8 Å². The maximum absolute atomic E-state index is 12.8. The molecular weight excluding hydrogens is 366 g/mol. The van der Waals surface area contributed by atoms with E-state index >= 15 is 0 Å². The second-order valence-electron chi connectivity index (χ2n) is 5.55. The number of carbonyl (C=O) groups is 1. The molecule has 0 fully saturated rings. The fourth-order valence-electron chi connectivity index (χ4n) is 2.48. The first-order valence-electron chi connectivity index (χ1n) is 8.17. The van der Waals surface area contributed by atoms with E-state index < -0.39 is 0 Å². The van der Waals surface area contributed by atoms with E-state index in [0.717, 1.165) is 0 Å². The Hall–Kier alpha value is -3.18. The highest BCUT2D eigenvalue weighted by atomic mass is 35.5. The van der Waals surface area contributed by atoms with Gasteiger partial charge < -0.3 is 19.5 Å². The van der Waals surface area contributed by atoms with Crippen LogP contribution in [0.1, 0.15) is 10.4 Å². The Morgan fingerprint density at radius 1 is 0.852 bits per heavy atom. The lowest BCUT2D eigenvalue weighted by Gasteiger charge is -2.14. The van der Waals surface area contributed by atoms with Gasteiger partial charge in [0.05, 0.1) is 30.5 Å². The minimum Gasteiger partial charge on any atom is -0.497 e. The minimum absolute atomic E-state index is 0.329. The second-order valence-corrected chi connectivity index (χ2v) is 5.96. The van der Waals surface area contributed by atoms with Crippen LogP contribution in [-0.4, -0.2) is 20.1 Å². The molecule has 1 amide bonds. The topological polar surface area (TPSA) is 56.8 Å². The van der Waals surface area contributed by atoms with Gasteiger partial charge in [0.2, 0.25) is 0 Å². The number of benzene rings is 3. The standard InChI is InChI=1S/C21H18ClNO4/c1-25-14-11-12-15(20(13-14)26-2)21(24)23-17-8-4-6-10-19(17)27-18-9-5-3-7-16(18)22/h3-13H,1-2H3,(H,23,24). The third-order valence-electron chi connectivity index (χ3n) is 3.85. The molecule has 0 unspecified atom stereocenters. The highest BCUT2D eigenvalue weighted by molar-refractivity contribution is 6.32. The van der Waals surface area contributed by atoms with Gasteiger partial charge in [0.15, 0.2) is 5.75 Å². The SMILES string of the molecule is COc1ccc(C(=O)Nc2ccccc2Oc2ccccc2Cl)c(OC)c1. The predicted molar refractivity (Wildman–Crippen MR) is 105 cm³/mol. The van der Waals surface area contributed by atoms with Crippen LogP contribution in [0.5, 0.6) is 23.0 Å².